The number of rotatable bonds is 21. The molecule has 0 aliphatic carbocycles. The van der Waals surface area contributed by atoms with Gasteiger partial charge in [0.1, 0.15) is 52.7 Å². The molecule has 0 amide bonds. The molecular weight excluding hydrogens is 938 g/mol. The summed E-state index contributed by atoms with van der Waals surface area (Å²) in [6.45, 7) is 4.68. The van der Waals surface area contributed by atoms with Crippen LogP contribution in [0.25, 0.3) is 0 Å². The third-order valence-electron chi connectivity index (χ3n) is 11.1. The van der Waals surface area contributed by atoms with Gasteiger partial charge >= 0.3 is 0 Å². The number of hydrogen-bond donors (Lipinski definition) is 0. The Hall–Kier alpha value is -4.03. The molecule has 0 aromatic heterocycles. The first-order chi connectivity index (χ1) is 30.6. The standard InChI is InChI=1S/C24BF20.C19H41P/c26-5-1(6(27)14(35)21(42)13(5)34)25(2-7(28)15(36)22(43)16(37)8(2)29,3-9(30)17(38)23(44)18(39)10(3)31)4-11(32)19(40)24(45)20(41)12(4)33;1-3-4-5-6-7-8-9-10-11-12-13-14-15-16-17-18-19-20-2/h;20H,3-19H2,1-2H3/q-1;/p+1. The van der Waals surface area contributed by atoms with Crippen LogP contribution >= 0.6 is 8.58 Å². The molecule has 1 unspecified atom stereocenters. The van der Waals surface area contributed by atoms with Crippen molar-refractivity contribution in [1.82, 2.24) is 0 Å². The van der Waals surface area contributed by atoms with Crippen molar-refractivity contribution in [2.24, 2.45) is 0 Å². The lowest BCUT2D eigenvalue weighted by molar-refractivity contribution is 0.378. The van der Waals surface area contributed by atoms with Crippen molar-refractivity contribution in [3.8, 4) is 0 Å². The third kappa shape index (κ3) is 11.4. The van der Waals surface area contributed by atoms with E-state index in [2.05, 4.69) is 13.6 Å². The Balaban J connectivity index is 0.000000473. The molecule has 0 aliphatic heterocycles. The Bertz CT molecular complexity index is 1880. The van der Waals surface area contributed by atoms with Crippen LogP contribution in [0.3, 0.4) is 0 Å². The van der Waals surface area contributed by atoms with Crippen LogP contribution in [0.2, 0.25) is 0 Å². The van der Waals surface area contributed by atoms with Crippen molar-refractivity contribution in [2.75, 3.05) is 12.8 Å². The van der Waals surface area contributed by atoms with Crippen LogP contribution in [0.15, 0.2) is 0 Å². The van der Waals surface area contributed by atoms with Crippen molar-refractivity contribution >= 4 is 36.6 Å². The molecule has 0 aliphatic rings. The summed E-state index contributed by atoms with van der Waals surface area (Å²) < 4.78 is 294. The van der Waals surface area contributed by atoms with E-state index in [1.54, 1.807) is 0 Å². The molecule has 0 spiro atoms. The van der Waals surface area contributed by atoms with Gasteiger partial charge in [-0.1, -0.05) is 96.8 Å². The molecule has 0 N–H and O–H groups in total. The molecule has 362 valence electrons. The van der Waals surface area contributed by atoms with Gasteiger partial charge in [0.2, 0.25) is 0 Å². The molecule has 4 aromatic carbocycles. The van der Waals surface area contributed by atoms with Crippen molar-refractivity contribution < 1.29 is 87.8 Å². The molecule has 0 saturated carbocycles. The monoisotopic (exact) mass is 980 g/mol. The maximum atomic E-state index is 15.4. The van der Waals surface area contributed by atoms with Crippen molar-refractivity contribution in [3.05, 3.63) is 116 Å². The quantitative estimate of drug-likeness (QED) is 0.0195. The molecule has 4 rings (SSSR count). The van der Waals surface area contributed by atoms with Gasteiger partial charge in [-0.15, -0.1) is 21.9 Å². The highest BCUT2D eigenvalue weighted by Crippen LogP contribution is 2.31. The number of benzene rings is 4. The first-order valence-electron chi connectivity index (χ1n) is 20.6. The summed E-state index contributed by atoms with van der Waals surface area (Å²) in [5.41, 5.74) is -14.3. The number of hydrogen-bond acceptors (Lipinski definition) is 0. The summed E-state index contributed by atoms with van der Waals surface area (Å²) in [5, 5.41) is 0. The largest absolute Gasteiger partial charge is 0.207 e. The van der Waals surface area contributed by atoms with E-state index in [1.807, 2.05) is 0 Å². The maximum Gasteiger partial charge on any atom is 0.200 e. The Morgan fingerprint density at radius 1 is 0.246 bits per heavy atom. The van der Waals surface area contributed by atoms with E-state index >= 15 is 35.1 Å². The fraction of sp³-hybridized carbons (Fsp3) is 0.442. The van der Waals surface area contributed by atoms with Gasteiger partial charge in [-0.25, -0.2) is 87.8 Å². The van der Waals surface area contributed by atoms with Crippen LogP contribution in [0.5, 0.6) is 0 Å². The van der Waals surface area contributed by atoms with Crippen LogP contribution < -0.4 is 21.9 Å². The Labute approximate surface area is 362 Å². The van der Waals surface area contributed by atoms with Gasteiger partial charge in [0.05, 0.1) is 6.16 Å². The van der Waals surface area contributed by atoms with Gasteiger partial charge in [-0.2, -0.15) is 0 Å². The van der Waals surface area contributed by atoms with E-state index in [9.17, 15) is 52.7 Å². The van der Waals surface area contributed by atoms with Gasteiger partial charge < -0.3 is 0 Å². The van der Waals surface area contributed by atoms with Gasteiger partial charge in [-0.3, -0.25) is 0 Å². The van der Waals surface area contributed by atoms with E-state index in [0.717, 1.165) is 8.58 Å². The molecule has 65 heavy (non-hydrogen) atoms. The lowest BCUT2D eigenvalue weighted by Gasteiger charge is -2.44. The minimum absolute atomic E-state index is 0.759. The topological polar surface area (TPSA) is 0 Å². The van der Waals surface area contributed by atoms with Crippen molar-refractivity contribution in [1.29, 1.82) is 0 Å². The van der Waals surface area contributed by atoms with Crippen LogP contribution in [0.1, 0.15) is 110 Å². The predicted molar refractivity (Wildman–Crippen MR) is 209 cm³/mol. The fourth-order valence-corrected chi connectivity index (χ4v) is 8.47. The fourth-order valence-electron chi connectivity index (χ4n) is 7.77. The zero-order valence-electron chi connectivity index (χ0n) is 34.7. The summed E-state index contributed by atoms with van der Waals surface area (Å²) >= 11 is 0. The zero-order chi connectivity index (χ0) is 49.1. The molecule has 4 aromatic rings. The van der Waals surface area contributed by atoms with Gasteiger partial charge in [0.25, 0.3) is 0 Å². The predicted octanol–water partition coefficient (Wildman–Crippen LogP) is 13.1. The second-order valence-electron chi connectivity index (χ2n) is 15.3. The highest BCUT2D eigenvalue weighted by Gasteiger charge is 2.52. The average molecular weight is 981 g/mol. The molecule has 0 bridgehead atoms. The summed E-state index contributed by atoms with van der Waals surface area (Å²) in [6, 6.07) is 0. The minimum atomic E-state index is -7.22. The molecule has 0 nitrogen and oxygen atoms in total. The van der Waals surface area contributed by atoms with E-state index < -0.39 is 144 Å². The second-order valence-corrected chi connectivity index (χ2v) is 16.7. The molecule has 0 heterocycles. The van der Waals surface area contributed by atoms with E-state index in [0.29, 0.717) is 0 Å². The zero-order valence-corrected chi connectivity index (χ0v) is 35.9. The van der Waals surface area contributed by atoms with Crippen molar-refractivity contribution in [2.45, 2.75) is 110 Å². The lowest BCUT2D eigenvalue weighted by atomic mass is 9.12. The normalized spacial score (nSPS) is 11.9. The van der Waals surface area contributed by atoms with Gasteiger partial charge in [0, 0.05) is 6.66 Å². The van der Waals surface area contributed by atoms with Crippen LogP contribution in [0.4, 0.5) is 87.8 Å². The number of unbranched alkanes of at least 4 members (excludes halogenated alkanes) is 15. The van der Waals surface area contributed by atoms with Crippen LogP contribution in [-0.2, 0) is 0 Å². The SMILES string of the molecule is CCCCCCCCCCCCCCCCCC[PH2+]C.Fc1c(F)c(F)c([B-](c2c(F)c(F)c(F)c(F)c2F)(c2c(F)c(F)c(F)c(F)c2F)c2c(F)c(F)c(F)c(F)c2F)c(F)c1F. The van der Waals surface area contributed by atoms with Crippen molar-refractivity contribution in [3.63, 3.8) is 0 Å². The summed E-state index contributed by atoms with van der Waals surface area (Å²) in [5.74, 6) is -71.4. The molecule has 0 saturated heterocycles. The molecule has 1 atom stereocenters. The highest BCUT2D eigenvalue weighted by molar-refractivity contribution is 7.36. The number of halogens is 20. The third-order valence-corrected chi connectivity index (χ3v) is 12.0. The molecule has 0 radical (unpaired) electrons. The molecular formula is C43H42BF20P. The van der Waals surface area contributed by atoms with Crippen LogP contribution in [-0.4, -0.2) is 19.0 Å². The Morgan fingerprint density at radius 2 is 0.400 bits per heavy atom. The summed E-state index contributed by atoms with van der Waals surface area (Å²) in [4.78, 5) is 0. The van der Waals surface area contributed by atoms with E-state index in [-0.39, 0.29) is 0 Å². The highest BCUT2D eigenvalue weighted by atomic mass is 31.1. The maximum absolute atomic E-state index is 15.4. The molecule has 22 heteroatoms. The van der Waals surface area contributed by atoms with E-state index in [1.165, 1.54) is 109 Å². The second kappa shape index (κ2) is 24.7. The Kier molecular flexibility index (Phi) is 21.0. The first kappa shape index (κ1) is 55.3. The average Bonchev–Trinajstić information content (AvgIpc) is 3.29. The minimum Gasteiger partial charge on any atom is -0.207 e. The molecule has 0 fully saturated rings. The van der Waals surface area contributed by atoms with E-state index in [4.69, 9.17) is 0 Å². The van der Waals surface area contributed by atoms with Gasteiger partial charge in [0.15, 0.2) is 69.8 Å². The Morgan fingerprint density at radius 3 is 0.569 bits per heavy atom. The smallest absolute Gasteiger partial charge is 0.200 e. The summed E-state index contributed by atoms with van der Waals surface area (Å²) in [6.07, 6.45) is 18.0. The van der Waals surface area contributed by atoms with Crippen LogP contribution in [0, 0.1) is 116 Å². The lowest BCUT2D eigenvalue weighted by Crippen LogP contribution is -2.81. The first-order valence-corrected chi connectivity index (χ1v) is 22.6. The van der Waals surface area contributed by atoms with Gasteiger partial charge in [-0.05, 0) is 21.4 Å². The summed E-state index contributed by atoms with van der Waals surface area (Å²) in [7, 11) is 0.759.